The predicted octanol–water partition coefficient (Wildman–Crippen LogP) is 2.17. The second-order valence-corrected chi connectivity index (χ2v) is 3.84. The number of rotatable bonds is 4. The fourth-order valence-corrected chi connectivity index (χ4v) is 1.59. The summed E-state index contributed by atoms with van der Waals surface area (Å²) in [5.74, 6) is -0.138. The van der Waals surface area contributed by atoms with Gasteiger partial charge in [0.2, 0.25) is 11.0 Å². The molecule has 0 fully saturated rings. The summed E-state index contributed by atoms with van der Waals surface area (Å²) in [6, 6.07) is 9.54. The maximum absolute atomic E-state index is 11.4. The van der Waals surface area contributed by atoms with E-state index in [9.17, 15) is 4.79 Å². The molecule has 0 radical (unpaired) electrons. The Hall–Kier alpha value is -1.47. The molecule has 0 unspecified atom stereocenters. The number of para-hydroxylation sites is 1. The van der Waals surface area contributed by atoms with E-state index in [1.54, 1.807) is 5.51 Å². The Morgan fingerprint density at radius 2 is 2.06 bits per heavy atom. The van der Waals surface area contributed by atoms with Crippen LogP contribution < -0.4 is 10.6 Å². The molecular weight excluding hydrogens is 304 g/mol. The van der Waals surface area contributed by atoms with Crippen LogP contribution in [0.15, 0.2) is 35.8 Å². The minimum Gasteiger partial charge on any atom is -0.376 e. The van der Waals surface area contributed by atoms with Gasteiger partial charge in [-0.05, 0) is 12.1 Å². The first-order valence-electron chi connectivity index (χ1n) is 4.69. The number of anilines is 2. The van der Waals surface area contributed by atoms with Crippen LogP contribution in [0.2, 0.25) is 0 Å². The van der Waals surface area contributed by atoms with Crippen molar-refractivity contribution in [3.63, 3.8) is 0 Å². The van der Waals surface area contributed by atoms with E-state index in [0.717, 1.165) is 5.69 Å². The molecule has 17 heavy (non-hydrogen) atoms. The first-order chi connectivity index (χ1) is 7.84. The monoisotopic (exact) mass is 314 g/mol. The third kappa shape index (κ3) is 4.49. The second kappa shape index (κ2) is 6.97. The number of halogens is 1. The quantitative estimate of drug-likeness (QED) is 0.907. The van der Waals surface area contributed by atoms with Gasteiger partial charge < -0.3 is 5.32 Å². The number of amides is 1. The van der Waals surface area contributed by atoms with Gasteiger partial charge in [-0.25, -0.2) is 0 Å². The lowest BCUT2D eigenvalue weighted by Gasteiger charge is -2.04. The summed E-state index contributed by atoms with van der Waals surface area (Å²) in [5.41, 5.74) is 2.48. The third-order valence-electron chi connectivity index (χ3n) is 1.83. The predicted molar refractivity (Wildman–Crippen MR) is 73.8 cm³/mol. The van der Waals surface area contributed by atoms with Crippen molar-refractivity contribution < 1.29 is 4.79 Å². The van der Waals surface area contributed by atoms with E-state index in [0.29, 0.717) is 5.13 Å². The lowest BCUT2D eigenvalue weighted by atomic mass is 10.3. The van der Waals surface area contributed by atoms with Gasteiger partial charge in [-0.15, -0.1) is 27.2 Å². The van der Waals surface area contributed by atoms with Crippen molar-refractivity contribution >= 4 is 45.0 Å². The Bertz CT molecular complexity index is 449. The van der Waals surface area contributed by atoms with Gasteiger partial charge in [0.05, 0.1) is 6.54 Å². The molecule has 0 bridgehead atoms. The molecular formula is C10H11BrN4OS. The number of hydrogen-bond acceptors (Lipinski definition) is 5. The van der Waals surface area contributed by atoms with E-state index in [1.165, 1.54) is 11.3 Å². The summed E-state index contributed by atoms with van der Waals surface area (Å²) in [4.78, 5) is 11.4. The van der Waals surface area contributed by atoms with Crippen LogP contribution in [0.5, 0.6) is 0 Å². The Morgan fingerprint density at radius 3 is 2.71 bits per heavy atom. The van der Waals surface area contributed by atoms with Crippen LogP contribution in [0.4, 0.5) is 10.8 Å². The van der Waals surface area contributed by atoms with Crippen LogP contribution in [-0.4, -0.2) is 22.6 Å². The van der Waals surface area contributed by atoms with Gasteiger partial charge in [0.25, 0.3) is 0 Å². The van der Waals surface area contributed by atoms with E-state index < -0.39 is 0 Å². The molecule has 0 aliphatic rings. The molecule has 0 atom stereocenters. The minimum atomic E-state index is -0.138. The smallest absolute Gasteiger partial charge is 0.245 e. The molecule has 0 aliphatic carbocycles. The highest BCUT2D eigenvalue weighted by Crippen LogP contribution is 2.08. The van der Waals surface area contributed by atoms with E-state index in [-0.39, 0.29) is 29.4 Å². The largest absolute Gasteiger partial charge is 0.376 e. The Labute approximate surface area is 113 Å². The average molecular weight is 315 g/mol. The molecule has 7 heteroatoms. The van der Waals surface area contributed by atoms with Crippen LogP contribution in [0.25, 0.3) is 0 Å². The molecule has 0 spiro atoms. The van der Waals surface area contributed by atoms with E-state index in [1.807, 2.05) is 30.3 Å². The van der Waals surface area contributed by atoms with Gasteiger partial charge >= 0.3 is 0 Å². The van der Waals surface area contributed by atoms with Gasteiger partial charge in [-0.2, -0.15) is 0 Å². The van der Waals surface area contributed by atoms with Crippen LogP contribution in [0.3, 0.4) is 0 Å². The maximum atomic E-state index is 11.4. The molecule has 2 aromatic rings. The summed E-state index contributed by atoms with van der Waals surface area (Å²) in [6.45, 7) is 0.212. The number of nitrogens with one attached hydrogen (secondary N) is 2. The molecule has 0 saturated carbocycles. The first kappa shape index (κ1) is 13.6. The zero-order valence-electron chi connectivity index (χ0n) is 8.79. The number of carbonyl (C=O) groups is 1. The van der Waals surface area contributed by atoms with Gasteiger partial charge in [-0.1, -0.05) is 29.5 Å². The highest BCUT2D eigenvalue weighted by molar-refractivity contribution is 8.93. The molecule has 2 N–H and O–H groups in total. The second-order valence-electron chi connectivity index (χ2n) is 3.01. The normalized spacial score (nSPS) is 9.18. The van der Waals surface area contributed by atoms with Crippen molar-refractivity contribution in [3.05, 3.63) is 35.8 Å². The minimum absolute atomic E-state index is 0. The SMILES string of the molecule is Br.O=C(CNc1ccccc1)Nc1nncs1. The molecule has 1 amide bonds. The number of aromatic nitrogens is 2. The topological polar surface area (TPSA) is 66.9 Å². The fraction of sp³-hybridized carbons (Fsp3) is 0.100. The van der Waals surface area contributed by atoms with Gasteiger partial charge in [-0.3, -0.25) is 10.1 Å². The zero-order valence-corrected chi connectivity index (χ0v) is 11.3. The van der Waals surface area contributed by atoms with Crippen LogP contribution in [-0.2, 0) is 4.79 Å². The van der Waals surface area contributed by atoms with E-state index >= 15 is 0 Å². The van der Waals surface area contributed by atoms with Gasteiger partial charge in [0.1, 0.15) is 5.51 Å². The van der Waals surface area contributed by atoms with Crippen molar-refractivity contribution in [2.45, 2.75) is 0 Å². The van der Waals surface area contributed by atoms with Gasteiger partial charge in [0.15, 0.2) is 0 Å². The number of nitrogens with zero attached hydrogens (tertiary/aromatic N) is 2. The molecule has 0 saturated heterocycles. The summed E-state index contributed by atoms with van der Waals surface area (Å²) in [5, 5.41) is 13.5. The average Bonchev–Trinajstić information content (AvgIpc) is 2.81. The lowest BCUT2D eigenvalue weighted by molar-refractivity contribution is -0.114. The van der Waals surface area contributed by atoms with Crippen molar-refractivity contribution in [3.8, 4) is 0 Å². The summed E-state index contributed by atoms with van der Waals surface area (Å²) < 4.78 is 0. The van der Waals surface area contributed by atoms with Crippen molar-refractivity contribution in [1.29, 1.82) is 0 Å². The molecule has 0 aliphatic heterocycles. The highest BCUT2D eigenvalue weighted by atomic mass is 79.9. The molecule has 1 aromatic heterocycles. The van der Waals surface area contributed by atoms with Crippen molar-refractivity contribution in [2.24, 2.45) is 0 Å². The molecule has 90 valence electrons. The molecule has 2 rings (SSSR count). The third-order valence-corrected chi connectivity index (χ3v) is 2.44. The summed E-state index contributed by atoms with van der Waals surface area (Å²) in [6.07, 6.45) is 0. The Kier molecular flexibility index (Phi) is 5.58. The van der Waals surface area contributed by atoms with Crippen molar-refractivity contribution in [1.82, 2.24) is 10.2 Å². The number of carbonyl (C=O) groups excluding carboxylic acids is 1. The molecule has 5 nitrogen and oxygen atoms in total. The standard InChI is InChI=1S/C10H10N4OS.BrH/c15-9(13-10-14-12-7-16-10)6-11-8-4-2-1-3-5-8;/h1-5,7,11H,6H2,(H,13,14,15);1H. The van der Waals surface area contributed by atoms with Crippen LogP contribution in [0, 0.1) is 0 Å². The van der Waals surface area contributed by atoms with E-state index in [2.05, 4.69) is 20.8 Å². The van der Waals surface area contributed by atoms with E-state index in [4.69, 9.17) is 0 Å². The number of hydrogen-bond donors (Lipinski definition) is 2. The van der Waals surface area contributed by atoms with Gasteiger partial charge in [0, 0.05) is 5.69 Å². The fourth-order valence-electron chi connectivity index (χ4n) is 1.13. The van der Waals surface area contributed by atoms with Crippen LogP contribution in [0.1, 0.15) is 0 Å². The lowest BCUT2D eigenvalue weighted by Crippen LogP contribution is -2.21. The van der Waals surface area contributed by atoms with Crippen LogP contribution >= 0.6 is 28.3 Å². The van der Waals surface area contributed by atoms with Crippen molar-refractivity contribution in [2.75, 3.05) is 17.2 Å². The first-order valence-corrected chi connectivity index (χ1v) is 5.57. The maximum Gasteiger partial charge on any atom is 0.245 e. The molecule has 1 aromatic carbocycles. The Balaban J connectivity index is 0.00000144. The highest BCUT2D eigenvalue weighted by Gasteiger charge is 2.03. The zero-order chi connectivity index (χ0) is 11.2. The number of benzene rings is 1. The summed E-state index contributed by atoms with van der Waals surface area (Å²) in [7, 11) is 0. The summed E-state index contributed by atoms with van der Waals surface area (Å²) >= 11 is 1.29. The molecule has 1 heterocycles. The Morgan fingerprint density at radius 1 is 1.29 bits per heavy atom.